The molecule has 0 saturated heterocycles. The van der Waals surface area contributed by atoms with Gasteiger partial charge in [0.25, 0.3) is 0 Å². The van der Waals surface area contributed by atoms with Crippen molar-refractivity contribution >= 4 is 0 Å². The van der Waals surface area contributed by atoms with Crippen molar-refractivity contribution in [3.63, 3.8) is 0 Å². The largest absolute Gasteiger partial charge is 0.0842 e. The van der Waals surface area contributed by atoms with E-state index in [0.717, 1.165) is 23.7 Å². The maximum Gasteiger partial charge on any atom is 0 e. The summed E-state index contributed by atoms with van der Waals surface area (Å²) in [7, 11) is 0. The van der Waals surface area contributed by atoms with E-state index in [0.29, 0.717) is 21.7 Å². The highest BCUT2D eigenvalue weighted by atomic mass is 14.7. The van der Waals surface area contributed by atoms with Crippen LogP contribution in [-0.4, -0.2) is 0 Å². The van der Waals surface area contributed by atoms with E-state index in [9.17, 15) is 0 Å². The predicted octanol–water partition coefficient (Wildman–Crippen LogP) is 9.44. The van der Waals surface area contributed by atoms with E-state index in [1.165, 1.54) is 77.0 Å². The lowest BCUT2D eigenvalue weighted by atomic mass is 9.40. The lowest BCUT2D eigenvalue weighted by molar-refractivity contribution is -0.125. The van der Waals surface area contributed by atoms with E-state index in [1.807, 2.05) is 5.57 Å². The summed E-state index contributed by atoms with van der Waals surface area (Å²) < 4.78 is 0. The number of fused-ring (bicyclic) bond motifs is 5. The second-order valence-electron chi connectivity index (χ2n) is 13.5. The Kier molecular flexibility index (Phi) is 5.61. The third-order valence-electron chi connectivity index (χ3n) is 11.5. The van der Waals surface area contributed by atoms with E-state index >= 15 is 0 Å². The lowest BCUT2D eigenvalue weighted by Crippen LogP contribution is -2.56. The molecule has 4 aliphatic rings. The quantitative estimate of drug-likeness (QED) is 0.318. The smallest absolute Gasteiger partial charge is 0 e. The van der Waals surface area contributed by atoms with Crippen molar-refractivity contribution in [2.24, 2.45) is 45.3 Å². The Labute approximate surface area is 184 Å². The minimum atomic E-state index is 0. The first-order valence-corrected chi connectivity index (χ1v) is 13.2. The Morgan fingerprint density at radius 1 is 0.966 bits per heavy atom. The van der Waals surface area contributed by atoms with Crippen LogP contribution in [0.15, 0.2) is 11.6 Å². The van der Waals surface area contributed by atoms with Crippen LogP contribution < -0.4 is 0 Å². The fourth-order valence-electron chi connectivity index (χ4n) is 9.32. The lowest BCUT2D eigenvalue weighted by Gasteiger charge is -2.64. The first-order valence-electron chi connectivity index (χ1n) is 13.2. The minimum Gasteiger partial charge on any atom is -0.0842 e. The second-order valence-corrected chi connectivity index (χ2v) is 13.5. The van der Waals surface area contributed by atoms with Crippen molar-refractivity contribution in [1.82, 2.24) is 0 Å². The normalized spacial score (nSPS) is 49.4. The maximum atomic E-state index is 2.76. The van der Waals surface area contributed by atoms with Crippen LogP contribution in [-0.2, 0) is 0 Å². The van der Waals surface area contributed by atoms with Gasteiger partial charge in [-0.2, -0.15) is 0 Å². The zero-order valence-electron chi connectivity index (χ0n) is 20.9. The van der Waals surface area contributed by atoms with Crippen LogP contribution in [0.4, 0.5) is 0 Å². The molecule has 7 unspecified atom stereocenters. The van der Waals surface area contributed by atoms with Crippen molar-refractivity contribution in [1.29, 1.82) is 0 Å². The molecule has 0 aliphatic heterocycles. The number of unbranched alkanes of at least 4 members (excludes halogenated alkanes) is 1. The van der Waals surface area contributed by atoms with Crippen LogP contribution in [0, 0.1) is 45.3 Å². The number of rotatable bonds is 5. The minimum absolute atomic E-state index is 0. The third-order valence-corrected chi connectivity index (χ3v) is 11.5. The molecule has 3 saturated carbocycles. The number of hydrogen-bond acceptors (Lipinski definition) is 0. The van der Waals surface area contributed by atoms with E-state index < -0.39 is 0 Å². The molecule has 0 bridgehead atoms. The summed E-state index contributed by atoms with van der Waals surface area (Å²) in [6.45, 7) is 18.1. The van der Waals surface area contributed by atoms with Crippen molar-refractivity contribution in [2.75, 3.05) is 0 Å². The fourth-order valence-corrected chi connectivity index (χ4v) is 9.32. The SMILES string of the molecule is CC(C)CCCCC1(C)CCC2C3(C)CC=C4CC(C)CCC4(C)C3CCC21C.[HH]. The van der Waals surface area contributed by atoms with Crippen LogP contribution in [0.25, 0.3) is 0 Å². The Bertz CT molecular complexity index is 649. The summed E-state index contributed by atoms with van der Waals surface area (Å²) in [5, 5.41) is 0. The van der Waals surface area contributed by atoms with Gasteiger partial charge < -0.3 is 0 Å². The Hall–Kier alpha value is -0.260. The topological polar surface area (TPSA) is 0 Å². The Morgan fingerprint density at radius 2 is 1.69 bits per heavy atom. The molecule has 0 spiro atoms. The summed E-state index contributed by atoms with van der Waals surface area (Å²) >= 11 is 0. The number of hydrogen-bond donors (Lipinski definition) is 0. The van der Waals surface area contributed by atoms with E-state index in [1.54, 1.807) is 0 Å². The van der Waals surface area contributed by atoms with Gasteiger partial charge in [0.15, 0.2) is 0 Å². The summed E-state index contributed by atoms with van der Waals surface area (Å²) in [5.41, 5.74) is 4.06. The van der Waals surface area contributed by atoms with Gasteiger partial charge in [-0.1, -0.05) is 79.4 Å². The van der Waals surface area contributed by atoms with Crippen molar-refractivity contribution in [2.45, 2.75) is 126 Å². The molecular weight excluding hydrogens is 348 g/mol. The zero-order valence-corrected chi connectivity index (χ0v) is 20.9. The van der Waals surface area contributed by atoms with Gasteiger partial charge in [-0.3, -0.25) is 0 Å². The molecule has 168 valence electrons. The van der Waals surface area contributed by atoms with Crippen molar-refractivity contribution in [3.8, 4) is 0 Å². The average molecular weight is 401 g/mol. The molecule has 0 N–H and O–H groups in total. The van der Waals surface area contributed by atoms with Gasteiger partial charge in [-0.25, -0.2) is 0 Å². The predicted molar refractivity (Wildman–Crippen MR) is 129 cm³/mol. The van der Waals surface area contributed by atoms with E-state index in [-0.39, 0.29) is 1.43 Å². The molecular formula is C29H52. The molecule has 7 atom stereocenters. The molecule has 0 amide bonds. The highest BCUT2D eigenvalue weighted by Gasteiger charge is 2.66. The monoisotopic (exact) mass is 400 g/mol. The molecule has 4 rings (SSSR count). The van der Waals surface area contributed by atoms with Crippen LogP contribution >= 0.6 is 0 Å². The highest BCUT2D eigenvalue weighted by Crippen LogP contribution is 2.74. The van der Waals surface area contributed by atoms with Gasteiger partial charge in [0, 0.05) is 1.43 Å². The molecule has 0 heteroatoms. The summed E-state index contributed by atoms with van der Waals surface area (Å²) in [5.74, 6) is 3.65. The fraction of sp³-hybridized carbons (Fsp3) is 0.931. The van der Waals surface area contributed by atoms with Gasteiger partial charge in [-0.05, 0) is 103 Å². The third kappa shape index (κ3) is 3.29. The van der Waals surface area contributed by atoms with Crippen molar-refractivity contribution in [3.05, 3.63) is 11.6 Å². The maximum absolute atomic E-state index is 2.76. The van der Waals surface area contributed by atoms with Crippen LogP contribution in [0.1, 0.15) is 127 Å². The molecule has 0 radical (unpaired) electrons. The summed E-state index contributed by atoms with van der Waals surface area (Å²) in [4.78, 5) is 0. The van der Waals surface area contributed by atoms with E-state index in [2.05, 4.69) is 54.5 Å². The summed E-state index contributed by atoms with van der Waals surface area (Å²) in [6, 6.07) is 0. The van der Waals surface area contributed by atoms with Crippen LogP contribution in [0.5, 0.6) is 0 Å². The van der Waals surface area contributed by atoms with Gasteiger partial charge in [0.1, 0.15) is 0 Å². The first kappa shape index (κ1) is 22.0. The van der Waals surface area contributed by atoms with Gasteiger partial charge in [0.05, 0.1) is 0 Å². The average Bonchev–Trinajstić information content (AvgIpc) is 2.92. The second kappa shape index (κ2) is 7.41. The molecule has 29 heavy (non-hydrogen) atoms. The highest BCUT2D eigenvalue weighted by molar-refractivity contribution is 5.28. The van der Waals surface area contributed by atoms with Crippen LogP contribution in [0.2, 0.25) is 0 Å². The van der Waals surface area contributed by atoms with E-state index in [4.69, 9.17) is 0 Å². The van der Waals surface area contributed by atoms with Crippen molar-refractivity contribution < 1.29 is 1.43 Å². The molecule has 3 fully saturated rings. The molecule has 0 nitrogen and oxygen atoms in total. The summed E-state index contributed by atoms with van der Waals surface area (Å²) in [6.07, 6.45) is 20.2. The molecule has 4 aliphatic carbocycles. The van der Waals surface area contributed by atoms with Gasteiger partial charge in [-0.15, -0.1) is 0 Å². The van der Waals surface area contributed by atoms with Gasteiger partial charge in [0.2, 0.25) is 0 Å². The Morgan fingerprint density at radius 3 is 2.41 bits per heavy atom. The van der Waals surface area contributed by atoms with Gasteiger partial charge >= 0.3 is 0 Å². The molecule has 0 aromatic rings. The Balaban J connectivity index is 0.00000256. The standard InChI is InChI=1S/C29H50.H2/c1-21(2)10-8-9-15-26(4)16-13-25-28(6)18-12-23-20-22(3)11-17-27(23,5)24(28)14-19-29(25,26)7;/h12,21-22,24-25H,8-11,13-20H2,1-7H3;1H. The molecule has 0 aromatic heterocycles. The number of allylic oxidation sites excluding steroid dienone is 2. The van der Waals surface area contributed by atoms with Crippen LogP contribution in [0.3, 0.4) is 0 Å². The molecule has 0 aromatic carbocycles. The molecule has 0 heterocycles. The zero-order chi connectivity index (χ0) is 21.1. The first-order chi connectivity index (χ1) is 13.6.